The first-order chi connectivity index (χ1) is 9.42. The van der Waals surface area contributed by atoms with E-state index in [1.54, 1.807) is 12.3 Å². The molecule has 8 heteroatoms. The summed E-state index contributed by atoms with van der Waals surface area (Å²) in [5.41, 5.74) is -0.307. The quantitative estimate of drug-likeness (QED) is 0.935. The van der Waals surface area contributed by atoms with Crippen molar-refractivity contribution in [2.45, 2.75) is 18.4 Å². The van der Waals surface area contributed by atoms with E-state index in [9.17, 15) is 12.8 Å². The van der Waals surface area contributed by atoms with E-state index in [0.717, 1.165) is 23.1 Å². The monoisotopic (exact) mass is 311 g/mol. The number of rotatable bonds is 4. The van der Waals surface area contributed by atoms with Crippen LogP contribution in [-0.4, -0.2) is 13.4 Å². The Morgan fingerprint density at radius 2 is 2.25 bits per heavy atom. The van der Waals surface area contributed by atoms with Gasteiger partial charge >= 0.3 is 0 Å². The molecule has 1 heterocycles. The molecular formula is C12H10FN3O2S2. The highest BCUT2D eigenvalue weighted by Gasteiger charge is 2.16. The van der Waals surface area contributed by atoms with Crippen LogP contribution in [0, 0.1) is 24.1 Å². The van der Waals surface area contributed by atoms with Crippen molar-refractivity contribution in [2.24, 2.45) is 0 Å². The third-order valence-electron chi connectivity index (χ3n) is 2.45. The molecule has 2 aromatic rings. The molecule has 0 saturated carbocycles. The minimum absolute atomic E-state index is 0.0557. The summed E-state index contributed by atoms with van der Waals surface area (Å²) in [6.07, 6.45) is 1.65. The molecule has 0 bridgehead atoms. The fraction of sp³-hybridized carbons (Fsp3) is 0.167. The summed E-state index contributed by atoms with van der Waals surface area (Å²) in [5, 5.41) is 9.34. The van der Waals surface area contributed by atoms with Gasteiger partial charge in [0, 0.05) is 11.1 Å². The van der Waals surface area contributed by atoms with Crippen molar-refractivity contribution < 1.29 is 12.8 Å². The number of nitriles is 1. The molecule has 0 radical (unpaired) electrons. The van der Waals surface area contributed by atoms with Crippen LogP contribution in [0.4, 0.5) is 4.39 Å². The molecule has 5 nitrogen and oxygen atoms in total. The number of sulfonamides is 1. The number of hydrogen-bond acceptors (Lipinski definition) is 5. The zero-order chi connectivity index (χ0) is 14.8. The molecule has 0 aliphatic carbocycles. The number of aryl methyl sites for hydroxylation is 1. The number of aromatic nitrogens is 1. The second-order valence-electron chi connectivity index (χ2n) is 3.94. The summed E-state index contributed by atoms with van der Waals surface area (Å²) >= 11 is 1.38. The van der Waals surface area contributed by atoms with Gasteiger partial charge in [-0.15, -0.1) is 11.3 Å². The maximum Gasteiger partial charge on any atom is 0.240 e. The summed E-state index contributed by atoms with van der Waals surface area (Å²) in [6, 6.07) is 4.69. The number of thiazole rings is 1. The Kier molecular flexibility index (Phi) is 4.13. The van der Waals surface area contributed by atoms with Gasteiger partial charge < -0.3 is 0 Å². The third kappa shape index (κ3) is 3.19. The van der Waals surface area contributed by atoms with Crippen molar-refractivity contribution in [1.29, 1.82) is 5.26 Å². The van der Waals surface area contributed by atoms with Crippen LogP contribution in [0.2, 0.25) is 0 Å². The lowest BCUT2D eigenvalue weighted by molar-refractivity contribution is 0.580. The molecule has 20 heavy (non-hydrogen) atoms. The average Bonchev–Trinajstić information content (AvgIpc) is 2.83. The van der Waals surface area contributed by atoms with Gasteiger partial charge in [-0.25, -0.2) is 22.5 Å². The maximum atomic E-state index is 13.2. The Balaban J connectivity index is 2.20. The van der Waals surface area contributed by atoms with Crippen molar-refractivity contribution in [1.82, 2.24) is 9.71 Å². The zero-order valence-corrected chi connectivity index (χ0v) is 12.1. The average molecular weight is 311 g/mol. The van der Waals surface area contributed by atoms with Gasteiger partial charge in [0.1, 0.15) is 16.9 Å². The standard InChI is InChI=1S/C12H10FN3O2S2/c1-8-6-15-12(19-8)7-16-20(17,18)10-2-3-11(13)9(4-10)5-14/h2-4,6,16H,7H2,1H3. The minimum atomic E-state index is -3.80. The summed E-state index contributed by atoms with van der Waals surface area (Å²) in [6.45, 7) is 1.93. The van der Waals surface area contributed by atoms with Crippen molar-refractivity contribution in [3.8, 4) is 6.07 Å². The van der Waals surface area contributed by atoms with Crippen LogP contribution >= 0.6 is 11.3 Å². The molecule has 0 aliphatic rings. The first kappa shape index (κ1) is 14.6. The van der Waals surface area contributed by atoms with E-state index in [1.807, 2.05) is 6.92 Å². The van der Waals surface area contributed by atoms with Gasteiger partial charge in [0.25, 0.3) is 0 Å². The molecule has 1 aromatic carbocycles. The Morgan fingerprint density at radius 1 is 1.50 bits per heavy atom. The molecule has 0 fully saturated rings. The molecule has 0 unspecified atom stereocenters. The smallest absolute Gasteiger partial charge is 0.240 e. The normalized spacial score (nSPS) is 11.2. The van der Waals surface area contributed by atoms with Gasteiger partial charge in [-0.1, -0.05) is 0 Å². The molecule has 0 spiro atoms. The van der Waals surface area contributed by atoms with Gasteiger partial charge in [-0.05, 0) is 25.1 Å². The molecule has 0 atom stereocenters. The number of benzene rings is 1. The SMILES string of the molecule is Cc1cnc(CNS(=O)(=O)c2ccc(F)c(C#N)c2)s1. The lowest BCUT2D eigenvalue weighted by atomic mass is 10.2. The number of nitrogens with zero attached hydrogens (tertiary/aromatic N) is 2. The summed E-state index contributed by atoms with van der Waals surface area (Å²) < 4.78 is 39.6. The largest absolute Gasteiger partial charge is 0.248 e. The summed E-state index contributed by atoms with van der Waals surface area (Å²) in [5.74, 6) is -0.748. The van der Waals surface area contributed by atoms with E-state index in [-0.39, 0.29) is 17.0 Å². The highest BCUT2D eigenvalue weighted by Crippen LogP contribution is 2.16. The van der Waals surface area contributed by atoms with E-state index >= 15 is 0 Å². The predicted octanol–water partition coefficient (Wildman–Crippen LogP) is 1.94. The van der Waals surface area contributed by atoms with E-state index in [2.05, 4.69) is 9.71 Å². The van der Waals surface area contributed by atoms with Crippen LogP contribution in [0.15, 0.2) is 29.3 Å². The molecule has 0 aliphatic heterocycles. The third-order valence-corrected chi connectivity index (χ3v) is 4.76. The Hall–Kier alpha value is -1.82. The Bertz CT molecular complexity index is 778. The zero-order valence-electron chi connectivity index (χ0n) is 10.4. The molecule has 0 saturated heterocycles. The van der Waals surface area contributed by atoms with Crippen molar-refractivity contribution in [3.63, 3.8) is 0 Å². The van der Waals surface area contributed by atoms with Crippen molar-refractivity contribution in [3.05, 3.63) is 45.7 Å². The lowest BCUT2D eigenvalue weighted by Gasteiger charge is -2.05. The summed E-state index contributed by atoms with van der Waals surface area (Å²) in [4.78, 5) is 4.87. The van der Waals surface area contributed by atoms with Gasteiger partial charge in [0.05, 0.1) is 17.0 Å². The Labute approximate surface area is 119 Å². The van der Waals surface area contributed by atoms with Gasteiger partial charge in [0.2, 0.25) is 10.0 Å². The topological polar surface area (TPSA) is 82.8 Å². The highest BCUT2D eigenvalue weighted by molar-refractivity contribution is 7.89. The van der Waals surface area contributed by atoms with E-state index < -0.39 is 15.8 Å². The molecule has 2 rings (SSSR count). The first-order valence-corrected chi connectivity index (χ1v) is 7.83. The van der Waals surface area contributed by atoms with Gasteiger partial charge in [-0.2, -0.15) is 5.26 Å². The number of halogens is 1. The first-order valence-electron chi connectivity index (χ1n) is 5.53. The van der Waals surface area contributed by atoms with Gasteiger partial charge in [0.15, 0.2) is 0 Å². The predicted molar refractivity (Wildman–Crippen MR) is 72.0 cm³/mol. The van der Waals surface area contributed by atoms with E-state index in [1.165, 1.54) is 11.3 Å². The fourth-order valence-electron chi connectivity index (χ4n) is 1.48. The van der Waals surface area contributed by atoms with Crippen LogP contribution in [0.25, 0.3) is 0 Å². The van der Waals surface area contributed by atoms with E-state index in [0.29, 0.717) is 5.01 Å². The number of nitrogens with one attached hydrogen (secondary N) is 1. The van der Waals surface area contributed by atoms with Crippen LogP contribution in [0.3, 0.4) is 0 Å². The molecular weight excluding hydrogens is 301 g/mol. The molecule has 0 amide bonds. The van der Waals surface area contributed by atoms with Crippen LogP contribution in [0.5, 0.6) is 0 Å². The fourth-order valence-corrected chi connectivity index (χ4v) is 3.31. The van der Waals surface area contributed by atoms with Gasteiger partial charge in [-0.3, -0.25) is 0 Å². The van der Waals surface area contributed by atoms with Crippen molar-refractivity contribution >= 4 is 21.4 Å². The number of hydrogen-bond donors (Lipinski definition) is 1. The van der Waals surface area contributed by atoms with Crippen molar-refractivity contribution in [2.75, 3.05) is 0 Å². The Morgan fingerprint density at radius 3 is 2.85 bits per heavy atom. The van der Waals surface area contributed by atoms with Crippen LogP contribution < -0.4 is 4.72 Å². The van der Waals surface area contributed by atoms with Crippen LogP contribution in [0.1, 0.15) is 15.4 Å². The van der Waals surface area contributed by atoms with E-state index in [4.69, 9.17) is 5.26 Å². The molecule has 1 N–H and O–H groups in total. The summed E-state index contributed by atoms with van der Waals surface area (Å²) in [7, 11) is -3.80. The second-order valence-corrected chi connectivity index (χ2v) is 7.03. The lowest BCUT2D eigenvalue weighted by Crippen LogP contribution is -2.23. The maximum absolute atomic E-state index is 13.2. The molecule has 104 valence electrons. The highest BCUT2D eigenvalue weighted by atomic mass is 32.2. The second kappa shape index (κ2) is 5.66. The molecule has 1 aromatic heterocycles. The van der Waals surface area contributed by atoms with Crippen LogP contribution in [-0.2, 0) is 16.6 Å². The minimum Gasteiger partial charge on any atom is -0.248 e.